The van der Waals surface area contributed by atoms with Crippen molar-refractivity contribution in [2.24, 2.45) is 11.7 Å². The molecule has 104 valence electrons. The second kappa shape index (κ2) is 5.09. The van der Waals surface area contributed by atoms with Gasteiger partial charge in [0.1, 0.15) is 0 Å². The van der Waals surface area contributed by atoms with Crippen molar-refractivity contribution >= 4 is 5.91 Å². The number of benzene rings is 1. The van der Waals surface area contributed by atoms with Gasteiger partial charge in [0.25, 0.3) is 0 Å². The molecule has 1 aromatic rings. The van der Waals surface area contributed by atoms with Crippen LogP contribution >= 0.6 is 0 Å². The summed E-state index contributed by atoms with van der Waals surface area (Å²) < 4.78 is 10.5. The van der Waals surface area contributed by atoms with Crippen molar-refractivity contribution in [1.29, 1.82) is 0 Å². The smallest absolute Gasteiger partial charge is 0.222 e. The minimum atomic E-state index is -0.314. The second-order valence-corrected chi connectivity index (χ2v) is 5.07. The molecule has 1 fully saturated rings. The van der Waals surface area contributed by atoms with Crippen LogP contribution in [0.15, 0.2) is 18.2 Å². The summed E-state index contributed by atoms with van der Waals surface area (Å²) in [6, 6.07) is 5.74. The molecule has 1 heterocycles. The minimum Gasteiger partial charge on any atom is -0.493 e. The average Bonchev–Trinajstić information content (AvgIpc) is 2.81. The summed E-state index contributed by atoms with van der Waals surface area (Å²) in [7, 11) is 3.20. The zero-order chi connectivity index (χ0) is 14.0. The van der Waals surface area contributed by atoms with E-state index >= 15 is 0 Å². The molecule has 0 bridgehead atoms. The van der Waals surface area contributed by atoms with Crippen LogP contribution in [0, 0.1) is 5.92 Å². The molecule has 3 N–H and O–H groups in total. The van der Waals surface area contributed by atoms with E-state index in [0.29, 0.717) is 18.0 Å². The Labute approximate surface area is 113 Å². The van der Waals surface area contributed by atoms with Gasteiger partial charge in [-0.05, 0) is 17.7 Å². The van der Waals surface area contributed by atoms with Gasteiger partial charge >= 0.3 is 0 Å². The third-order valence-corrected chi connectivity index (χ3v) is 4.00. The Morgan fingerprint density at radius 3 is 2.63 bits per heavy atom. The Morgan fingerprint density at radius 1 is 1.37 bits per heavy atom. The lowest BCUT2D eigenvalue weighted by molar-refractivity contribution is -0.122. The SMILES string of the molecule is COc1ccc(C2(C)CNCC2C(N)=O)cc1OC. The number of hydrogen-bond donors (Lipinski definition) is 2. The predicted octanol–water partition coefficient (Wildman–Crippen LogP) is 0.666. The van der Waals surface area contributed by atoms with Gasteiger partial charge in [-0.3, -0.25) is 4.79 Å². The molecule has 2 atom stereocenters. The van der Waals surface area contributed by atoms with Gasteiger partial charge in [-0.1, -0.05) is 13.0 Å². The van der Waals surface area contributed by atoms with Crippen molar-refractivity contribution in [3.05, 3.63) is 23.8 Å². The van der Waals surface area contributed by atoms with E-state index in [4.69, 9.17) is 15.2 Å². The lowest BCUT2D eigenvalue weighted by Gasteiger charge is -2.29. The fourth-order valence-electron chi connectivity index (χ4n) is 2.73. The van der Waals surface area contributed by atoms with E-state index in [0.717, 1.165) is 12.1 Å². The summed E-state index contributed by atoms with van der Waals surface area (Å²) in [6.07, 6.45) is 0. The third kappa shape index (κ3) is 2.26. The van der Waals surface area contributed by atoms with Crippen LogP contribution in [0.3, 0.4) is 0 Å². The molecule has 1 amide bonds. The number of rotatable bonds is 4. The highest BCUT2D eigenvalue weighted by Gasteiger charge is 2.43. The molecule has 19 heavy (non-hydrogen) atoms. The average molecular weight is 264 g/mol. The lowest BCUT2D eigenvalue weighted by atomic mass is 9.74. The van der Waals surface area contributed by atoms with E-state index in [9.17, 15) is 4.79 Å². The number of carbonyl (C=O) groups is 1. The van der Waals surface area contributed by atoms with Crippen molar-refractivity contribution < 1.29 is 14.3 Å². The molecule has 1 aliphatic rings. The van der Waals surface area contributed by atoms with E-state index in [1.54, 1.807) is 14.2 Å². The molecule has 1 aliphatic heterocycles. The third-order valence-electron chi connectivity index (χ3n) is 4.00. The molecule has 0 radical (unpaired) electrons. The highest BCUT2D eigenvalue weighted by molar-refractivity contribution is 5.79. The largest absolute Gasteiger partial charge is 0.493 e. The van der Waals surface area contributed by atoms with Crippen molar-refractivity contribution in [3.63, 3.8) is 0 Å². The van der Waals surface area contributed by atoms with Crippen molar-refractivity contribution in [1.82, 2.24) is 5.32 Å². The molecule has 0 aromatic heterocycles. The van der Waals surface area contributed by atoms with Crippen LogP contribution in [0.25, 0.3) is 0 Å². The zero-order valence-electron chi connectivity index (χ0n) is 11.5. The van der Waals surface area contributed by atoms with Crippen LogP contribution in [0.4, 0.5) is 0 Å². The van der Waals surface area contributed by atoms with E-state index in [2.05, 4.69) is 5.32 Å². The summed E-state index contributed by atoms with van der Waals surface area (Å²) in [5, 5.41) is 3.24. The highest BCUT2D eigenvalue weighted by Crippen LogP contribution is 2.39. The van der Waals surface area contributed by atoms with Gasteiger partial charge < -0.3 is 20.5 Å². The molecule has 0 saturated carbocycles. The van der Waals surface area contributed by atoms with Crippen LogP contribution in [0.5, 0.6) is 11.5 Å². The van der Waals surface area contributed by atoms with Crippen LogP contribution in [0.2, 0.25) is 0 Å². The second-order valence-electron chi connectivity index (χ2n) is 5.07. The Kier molecular flexibility index (Phi) is 3.66. The Bertz CT molecular complexity index is 490. The maximum atomic E-state index is 11.6. The van der Waals surface area contributed by atoms with Crippen molar-refractivity contribution in [2.45, 2.75) is 12.3 Å². The molecule has 5 nitrogen and oxygen atoms in total. The van der Waals surface area contributed by atoms with Crippen molar-refractivity contribution in [2.75, 3.05) is 27.3 Å². The van der Waals surface area contributed by atoms with Gasteiger partial charge in [0.15, 0.2) is 11.5 Å². The van der Waals surface area contributed by atoms with Crippen LogP contribution in [-0.4, -0.2) is 33.2 Å². The molecule has 0 aliphatic carbocycles. The molecule has 1 aromatic carbocycles. The molecular formula is C14H20N2O3. The van der Waals surface area contributed by atoms with E-state index in [1.807, 2.05) is 25.1 Å². The Hall–Kier alpha value is -1.75. The number of carbonyl (C=O) groups excluding carboxylic acids is 1. The first-order valence-electron chi connectivity index (χ1n) is 6.25. The van der Waals surface area contributed by atoms with Gasteiger partial charge in [0.2, 0.25) is 5.91 Å². The summed E-state index contributed by atoms with van der Waals surface area (Å²) in [5.74, 6) is 0.848. The van der Waals surface area contributed by atoms with Crippen molar-refractivity contribution in [3.8, 4) is 11.5 Å². The van der Waals surface area contributed by atoms with Gasteiger partial charge in [0, 0.05) is 18.5 Å². The number of amides is 1. The fourth-order valence-corrected chi connectivity index (χ4v) is 2.73. The molecule has 2 rings (SSSR count). The first-order valence-corrected chi connectivity index (χ1v) is 6.25. The number of ether oxygens (including phenoxy) is 2. The fraction of sp³-hybridized carbons (Fsp3) is 0.500. The minimum absolute atomic E-state index is 0.217. The number of hydrogen-bond acceptors (Lipinski definition) is 4. The summed E-state index contributed by atoms with van der Waals surface area (Å²) >= 11 is 0. The monoisotopic (exact) mass is 264 g/mol. The maximum absolute atomic E-state index is 11.6. The van der Waals surface area contributed by atoms with Crippen LogP contribution in [0.1, 0.15) is 12.5 Å². The summed E-state index contributed by atoms with van der Waals surface area (Å²) in [6.45, 7) is 3.37. The molecule has 0 spiro atoms. The number of primary amides is 1. The lowest BCUT2D eigenvalue weighted by Crippen LogP contribution is -2.39. The Balaban J connectivity index is 2.43. The van der Waals surface area contributed by atoms with Gasteiger partial charge in [-0.25, -0.2) is 0 Å². The van der Waals surface area contributed by atoms with E-state index < -0.39 is 0 Å². The number of nitrogens with two attached hydrogens (primary N) is 1. The molecular weight excluding hydrogens is 244 g/mol. The van der Waals surface area contributed by atoms with Crippen LogP contribution in [-0.2, 0) is 10.2 Å². The van der Waals surface area contributed by atoms with Gasteiger partial charge in [-0.2, -0.15) is 0 Å². The van der Waals surface area contributed by atoms with E-state index in [1.165, 1.54) is 0 Å². The molecule has 5 heteroatoms. The maximum Gasteiger partial charge on any atom is 0.222 e. The number of methoxy groups -OCH3 is 2. The Morgan fingerprint density at radius 2 is 2.05 bits per heavy atom. The van der Waals surface area contributed by atoms with Gasteiger partial charge in [-0.15, -0.1) is 0 Å². The number of nitrogens with one attached hydrogen (secondary N) is 1. The topological polar surface area (TPSA) is 73.6 Å². The van der Waals surface area contributed by atoms with Gasteiger partial charge in [0.05, 0.1) is 20.1 Å². The molecule has 1 saturated heterocycles. The zero-order valence-corrected chi connectivity index (χ0v) is 11.5. The molecule has 2 unspecified atom stereocenters. The normalized spacial score (nSPS) is 26.2. The quantitative estimate of drug-likeness (QED) is 0.838. The highest BCUT2D eigenvalue weighted by atomic mass is 16.5. The predicted molar refractivity (Wildman–Crippen MR) is 72.5 cm³/mol. The van der Waals surface area contributed by atoms with E-state index in [-0.39, 0.29) is 17.2 Å². The van der Waals surface area contributed by atoms with Crippen LogP contribution < -0.4 is 20.5 Å². The first-order chi connectivity index (χ1) is 9.02. The standard InChI is InChI=1S/C14H20N2O3/c1-14(8-16-7-10(14)13(15)17)9-4-5-11(18-2)12(6-9)19-3/h4-6,10,16H,7-8H2,1-3H3,(H2,15,17). The summed E-state index contributed by atoms with van der Waals surface area (Å²) in [5.41, 5.74) is 6.22. The first kappa shape index (κ1) is 13.7. The summed E-state index contributed by atoms with van der Waals surface area (Å²) in [4.78, 5) is 11.6.